The van der Waals surface area contributed by atoms with E-state index in [1.54, 1.807) is 20.8 Å². The van der Waals surface area contributed by atoms with Crippen molar-refractivity contribution in [2.24, 2.45) is 5.14 Å². The molecule has 2 N–H and O–H groups in total. The second-order valence-corrected chi connectivity index (χ2v) is 12.1. The van der Waals surface area contributed by atoms with E-state index in [2.05, 4.69) is 0 Å². The van der Waals surface area contributed by atoms with Crippen LogP contribution < -0.4 is 10.0 Å². The average Bonchev–Trinajstić information content (AvgIpc) is 2.94. The Kier molecular flexibility index (Phi) is 6.26. The lowest BCUT2D eigenvalue weighted by Crippen LogP contribution is -2.54. The van der Waals surface area contributed by atoms with E-state index in [9.17, 15) is 26.4 Å². The van der Waals surface area contributed by atoms with Gasteiger partial charge in [0.2, 0.25) is 26.0 Å². The molecule has 1 saturated heterocycles. The van der Waals surface area contributed by atoms with E-state index in [0.717, 1.165) is 9.21 Å². The van der Waals surface area contributed by atoms with Crippen LogP contribution in [-0.4, -0.2) is 44.5 Å². The smallest absolute Gasteiger partial charge is 0.252 e. The number of nitrogens with zero attached hydrogens (tertiary/aromatic N) is 2. The number of hydrogen-bond donors (Lipinski definition) is 1. The third kappa shape index (κ3) is 4.57. The minimum Gasteiger partial charge on any atom is -0.274 e. The fourth-order valence-electron chi connectivity index (χ4n) is 3.57. The molecule has 32 heavy (non-hydrogen) atoms. The van der Waals surface area contributed by atoms with Crippen molar-refractivity contribution in [3.05, 3.63) is 53.6 Å². The van der Waals surface area contributed by atoms with Crippen LogP contribution in [0.2, 0.25) is 5.02 Å². The Bertz CT molecular complexity index is 1270. The molecule has 2 aromatic rings. The highest BCUT2D eigenvalue weighted by molar-refractivity contribution is 7.89. The van der Waals surface area contributed by atoms with Crippen molar-refractivity contribution in [1.82, 2.24) is 4.31 Å². The zero-order chi connectivity index (χ0) is 24.1. The van der Waals surface area contributed by atoms with Crippen molar-refractivity contribution in [1.29, 1.82) is 0 Å². The number of carbonyl (C=O) groups excluding carboxylic acids is 2. The summed E-state index contributed by atoms with van der Waals surface area (Å²) < 4.78 is 50.8. The number of amides is 2. The number of rotatable bonds is 5. The first-order valence-electron chi connectivity index (χ1n) is 9.44. The van der Waals surface area contributed by atoms with Gasteiger partial charge in [-0.3, -0.25) is 9.59 Å². The van der Waals surface area contributed by atoms with Crippen molar-refractivity contribution in [2.45, 2.75) is 48.6 Å². The van der Waals surface area contributed by atoms with Crippen LogP contribution >= 0.6 is 11.6 Å². The molecule has 0 saturated carbocycles. The van der Waals surface area contributed by atoms with E-state index in [-0.39, 0.29) is 21.9 Å². The largest absolute Gasteiger partial charge is 0.274 e. The van der Waals surface area contributed by atoms with Gasteiger partial charge in [0.15, 0.2) is 0 Å². The number of nitrogens with two attached hydrogens (primary N) is 1. The highest BCUT2D eigenvalue weighted by Gasteiger charge is 2.50. The number of halogens is 1. The summed E-state index contributed by atoms with van der Waals surface area (Å²) in [5.41, 5.74) is -0.917. The van der Waals surface area contributed by atoms with E-state index in [1.165, 1.54) is 48.5 Å². The van der Waals surface area contributed by atoms with Gasteiger partial charge in [0.05, 0.1) is 21.9 Å². The Morgan fingerprint density at radius 3 is 1.91 bits per heavy atom. The molecule has 3 rings (SSSR count). The van der Waals surface area contributed by atoms with Crippen LogP contribution in [-0.2, 0) is 29.6 Å². The number of carbonyl (C=O) groups is 2. The molecule has 1 unspecified atom stereocenters. The van der Waals surface area contributed by atoms with Gasteiger partial charge in [-0.05, 0) is 69.3 Å². The normalized spacial score (nSPS) is 17.9. The van der Waals surface area contributed by atoms with Crippen LogP contribution in [0.1, 0.15) is 27.2 Å². The first-order chi connectivity index (χ1) is 14.6. The SMILES string of the molecule is CC(C)(C)N(C1CC(=O)N(c2ccc(S(N)(=O)=O)cc2)C1=O)S(=O)(=O)c1ccc(Cl)cc1. The van der Waals surface area contributed by atoms with Gasteiger partial charge >= 0.3 is 0 Å². The summed E-state index contributed by atoms with van der Waals surface area (Å²) >= 11 is 5.87. The molecule has 1 aliphatic heterocycles. The monoisotopic (exact) mass is 499 g/mol. The van der Waals surface area contributed by atoms with Crippen molar-refractivity contribution in [3.63, 3.8) is 0 Å². The lowest BCUT2D eigenvalue weighted by molar-refractivity contribution is -0.122. The lowest BCUT2D eigenvalue weighted by Gasteiger charge is -2.37. The summed E-state index contributed by atoms with van der Waals surface area (Å²) in [5.74, 6) is -1.34. The number of sulfonamides is 2. The minimum atomic E-state index is -4.17. The first kappa shape index (κ1) is 24.3. The summed E-state index contributed by atoms with van der Waals surface area (Å²) in [4.78, 5) is 26.6. The molecule has 2 aromatic carbocycles. The van der Waals surface area contributed by atoms with E-state index < -0.39 is 43.4 Å². The summed E-state index contributed by atoms with van der Waals surface area (Å²) in [6.45, 7) is 4.88. The topological polar surface area (TPSA) is 135 Å². The van der Waals surface area contributed by atoms with Gasteiger partial charge in [-0.25, -0.2) is 26.9 Å². The zero-order valence-corrected chi connectivity index (χ0v) is 19.9. The predicted molar refractivity (Wildman–Crippen MR) is 119 cm³/mol. The molecule has 2 amide bonds. The van der Waals surface area contributed by atoms with Gasteiger partial charge in [-0.1, -0.05) is 11.6 Å². The maximum absolute atomic E-state index is 13.4. The molecule has 12 heteroatoms. The maximum atomic E-state index is 13.4. The van der Waals surface area contributed by atoms with Gasteiger partial charge < -0.3 is 0 Å². The third-order valence-corrected chi connectivity index (χ3v) is 8.23. The zero-order valence-electron chi connectivity index (χ0n) is 17.5. The van der Waals surface area contributed by atoms with Crippen LogP contribution in [0.4, 0.5) is 5.69 Å². The Morgan fingerprint density at radius 1 is 0.938 bits per heavy atom. The molecule has 1 atom stereocenters. The standard InChI is InChI=1S/C20H22ClN3O6S2/c1-20(2,3)24(32(29,30)16-8-4-13(21)5-9-16)17-12-18(25)23(19(17)26)14-6-10-15(11-7-14)31(22,27)28/h4-11,17H,12H2,1-3H3,(H2,22,27,28). The van der Waals surface area contributed by atoms with Crippen LogP contribution in [0.3, 0.4) is 0 Å². The number of hydrogen-bond acceptors (Lipinski definition) is 6. The molecule has 0 aromatic heterocycles. The molecule has 172 valence electrons. The Hall–Kier alpha value is -2.31. The summed E-state index contributed by atoms with van der Waals surface area (Å²) in [6.07, 6.45) is -0.361. The van der Waals surface area contributed by atoms with Gasteiger partial charge in [0.25, 0.3) is 5.91 Å². The molecule has 0 spiro atoms. The average molecular weight is 500 g/mol. The van der Waals surface area contributed by atoms with Gasteiger partial charge in [-0.15, -0.1) is 0 Å². The molecular weight excluding hydrogens is 478 g/mol. The molecule has 0 bridgehead atoms. The van der Waals surface area contributed by atoms with Crippen LogP contribution in [0.25, 0.3) is 0 Å². The van der Waals surface area contributed by atoms with Crippen LogP contribution in [0, 0.1) is 0 Å². The Morgan fingerprint density at radius 2 is 1.44 bits per heavy atom. The van der Waals surface area contributed by atoms with E-state index in [4.69, 9.17) is 16.7 Å². The maximum Gasteiger partial charge on any atom is 0.252 e. The number of benzene rings is 2. The molecule has 9 nitrogen and oxygen atoms in total. The second kappa shape index (κ2) is 8.23. The number of anilines is 1. The number of primary sulfonamides is 1. The van der Waals surface area contributed by atoms with Crippen molar-refractivity contribution in [3.8, 4) is 0 Å². The minimum absolute atomic E-state index is 0.0620. The van der Waals surface area contributed by atoms with E-state index in [0.29, 0.717) is 5.02 Å². The fraction of sp³-hybridized carbons (Fsp3) is 0.300. The van der Waals surface area contributed by atoms with Crippen molar-refractivity contribution >= 4 is 49.1 Å². The van der Waals surface area contributed by atoms with Gasteiger partial charge in [0.1, 0.15) is 6.04 Å². The molecule has 0 aliphatic carbocycles. The van der Waals surface area contributed by atoms with Crippen molar-refractivity contribution in [2.75, 3.05) is 4.90 Å². The number of imide groups is 1. The molecule has 1 heterocycles. The Labute approximate surface area is 191 Å². The van der Waals surface area contributed by atoms with Crippen LogP contribution in [0.5, 0.6) is 0 Å². The molecular formula is C20H22ClN3O6S2. The Balaban J connectivity index is 2.02. The summed E-state index contributed by atoms with van der Waals surface area (Å²) in [7, 11) is -8.12. The van der Waals surface area contributed by atoms with E-state index >= 15 is 0 Å². The molecule has 1 aliphatic rings. The highest BCUT2D eigenvalue weighted by atomic mass is 35.5. The predicted octanol–water partition coefficient (Wildman–Crippen LogP) is 2.11. The third-order valence-electron chi connectivity index (χ3n) is 4.86. The lowest BCUT2D eigenvalue weighted by atomic mass is 10.1. The van der Waals surface area contributed by atoms with E-state index in [1.807, 2.05) is 0 Å². The second-order valence-electron chi connectivity index (χ2n) is 8.25. The van der Waals surface area contributed by atoms with Gasteiger partial charge in [-0.2, -0.15) is 4.31 Å². The molecule has 1 fully saturated rings. The fourth-order valence-corrected chi connectivity index (χ4v) is 6.14. The summed E-state index contributed by atoms with van der Waals surface area (Å²) in [5, 5.41) is 5.43. The van der Waals surface area contributed by atoms with Crippen molar-refractivity contribution < 1.29 is 26.4 Å². The summed E-state index contributed by atoms with van der Waals surface area (Å²) in [6, 6.07) is 9.13. The van der Waals surface area contributed by atoms with Crippen LogP contribution in [0.15, 0.2) is 58.3 Å². The molecule has 0 radical (unpaired) electrons. The highest BCUT2D eigenvalue weighted by Crippen LogP contribution is 2.34. The van der Waals surface area contributed by atoms with Gasteiger partial charge in [0, 0.05) is 10.6 Å². The first-order valence-corrected chi connectivity index (χ1v) is 12.8. The quantitative estimate of drug-likeness (QED) is 0.626.